The van der Waals surface area contributed by atoms with Crippen molar-refractivity contribution in [2.45, 2.75) is 6.61 Å². The molecule has 4 N–H and O–H groups in total. The highest BCUT2D eigenvalue weighted by atomic mass is 35.5. The van der Waals surface area contributed by atoms with Crippen LogP contribution in [0.4, 0.5) is 5.69 Å². The Morgan fingerprint density at radius 1 is 1.16 bits per heavy atom. The number of nitrogen functional groups attached to an aromatic ring is 1. The van der Waals surface area contributed by atoms with Crippen LogP contribution >= 0.6 is 11.6 Å². The third-order valence-electron chi connectivity index (χ3n) is 2.64. The summed E-state index contributed by atoms with van der Waals surface area (Å²) in [5, 5.41) is 0.651. The molecule has 4 nitrogen and oxygen atoms in total. The molecule has 2 rings (SSSR count). The molecule has 2 aromatic rings. The minimum absolute atomic E-state index is 0.312. The molecule has 0 radical (unpaired) electrons. The largest absolute Gasteiger partial charge is 0.489 e. The standard InChI is InChI=1S/C14H13ClN2O2/c15-11-3-5-12(6-4-11)19-8-10-2-1-9(14(17)18)7-13(10)16/h1-7H,8,16H2,(H2,17,18). The Morgan fingerprint density at radius 2 is 1.84 bits per heavy atom. The van der Waals surface area contributed by atoms with Crippen molar-refractivity contribution in [1.82, 2.24) is 0 Å². The van der Waals surface area contributed by atoms with Crippen molar-refractivity contribution >= 4 is 23.2 Å². The summed E-state index contributed by atoms with van der Waals surface area (Å²) in [6.45, 7) is 0.312. The Morgan fingerprint density at radius 3 is 2.42 bits per heavy atom. The number of nitrogens with two attached hydrogens (primary N) is 2. The number of carbonyl (C=O) groups is 1. The van der Waals surface area contributed by atoms with E-state index in [-0.39, 0.29) is 0 Å². The fourth-order valence-electron chi connectivity index (χ4n) is 1.57. The van der Waals surface area contributed by atoms with E-state index in [9.17, 15) is 4.79 Å². The lowest BCUT2D eigenvalue weighted by atomic mass is 10.1. The lowest BCUT2D eigenvalue weighted by Gasteiger charge is -2.09. The van der Waals surface area contributed by atoms with Gasteiger partial charge in [-0.3, -0.25) is 4.79 Å². The molecule has 0 unspecified atom stereocenters. The molecule has 5 heteroatoms. The van der Waals surface area contributed by atoms with E-state index in [1.54, 1.807) is 42.5 Å². The molecule has 0 aromatic heterocycles. The molecule has 0 saturated carbocycles. The molecule has 0 bridgehead atoms. The van der Waals surface area contributed by atoms with E-state index in [1.807, 2.05) is 0 Å². The maximum Gasteiger partial charge on any atom is 0.248 e. The number of primary amides is 1. The SMILES string of the molecule is NC(=O)c1ccc(COc2ccc(Cl)cc2)c(N)c1. The van der Waals surface area contributed by atoms with Gasteiger partial charge in [-0.1, -0.05) is 17.7 Å². The van der Waals surface area contributed by atoms with Gasteiger partial charge in [0.1, 0.15) is 12.4 Å². The van der Waals surface area contributed by atoms with Crippen molar-refractivity contribution in [2.75, 3.05) is 5.73 Å². The lowest BCUT2D eigenvalue weighted by Crippen LogP contribution is -2.12. The summed E-state index contributed by atoms with van der Waals surface area (Å²) < 4.78 is 5.57. The van der Waals surface area contributed by atoms with Crippen molar-refractivity contribution < 1.29 is 9.53 Å². The minimum Gasteiger partial charge on any atom is -0.489 e. The number of carbonyl (C=O) groups excluding carboxylic acids is 1. The van der Waals surface area contributed by atoms with Gasteiger partial charge in [-0.05, 0) is 36.4 Å². The number of benzene rings is 2. The predicted octanol–water partition coefficient (Wildman–Crippen LogP) is 2.60. The Balaban J connectivity index is 2.07. The number of amides is 1. The maximum atomic E-state index is 11.0. The summed E-state index contributed by atoms with van der Waals surface area (Å²) in [5.41, 5.74) is 12.7. The highest BCUT2D eigenvalue weighted by molar-refractivity contribution is 6.30. The molecule has 0 aliphatic rings. The van der Waals surface area contributed by atoms with Gasteiger partial charge in [-0.25, -0.2) is 0 Å². The fraction of sp³-hybridized carbons (Fsp3) is 0.0714. The second-order valence-electron chi connectivity index (χ2n) is 4.02. The van der Waals surface area contributed by atoms with Gasteiger partial charge >= 0.3 is 0 Å². The van der Waals surface area contributed by atoms with Crippen LogP contribution in [0.1, 0.15) is 15.9 Å². The summed E-state index contributed by atoms with van der Waals surface area (Å²) in [6, 6.07) is 11.9. The molecule has 0 aliphatic heterocycles. The maximum absolute atomic E-state index is 11.0. The van der Waals surface area contributed by atoms with Gasteiger partial charge < -0.3 is 16.2 Å². The van der Waals surface area contributed by atoms with Gasteiger partial charge in [0.15, 0.2) is 0 Å². The molecule has 0 heterocycles. The number of rotatable bonds is 4. The van der Waals surface area contributed by atoms with Crippen LogP contribution in [0.5, 0.6) is 5.75 Å². The monoisotopic (exact) mass is 276 g/mol. The average Bonchev–Trinajstić information content (AvgIpc) is 2.39. The van der Waals surface area contributed by atoms with E-state index in [0.29, 0.717) is 28.6 Å². The van der Waals surface area contributed by atoms with Crippen molar-refractivity contribution in [2.24, 2.45) is 5.73 Å². The zero-order valence-corrected chi connectivity index (χ0v) is 10.9. The Hall–Kier alpha value is -2.20. The van der Waals surface area contributed by atoms with Gasteiger partial charge in [0.25, 0.3) is 0 Å². The first-order valence-corrected chi connectivity index (χ1v) is 6.00. The van der Waals surface area contributed by atoms with E-state index in [4.69, 9.17) is 27.8 Å². The molecule has 0 fully saturated rings. The third-order valence-corrected chi connectivity index (χ3v) is 2.89. The average molecular weight is 277 g/mol. The van der Waals surface area contributed by atoms with Gasteiger partial charge in [-0.2, -0.15) is 0 Å². The summed E-state index contributed by atoms with van der Waals surface area (Å²) in [6.07, 6.45) is 0. The Labute approximate surface area is 115 Å². The first kappa shape index (κ1) is 13.2. The third kappa shape index (κ3) is 3.39. The van der Waals surface area contributed by atoms with Gasteiger partial charge in [0, 0.05) is 21.8 Å². The van der Waals surface area contributed by atoms with E-state index in [2.05, 4.69) is 0 Å². The molecule has 0 saturated heterocycles. The zero-order chi connectivity index (χ0) is 13.8. The molecular weight excluding hydrogens is 264 g/mol. The minimum atomic E-state index is -0.503. The van der Waals surface area contributed by atoms with Crippen LogP contribution in [0.2, 0.25) is 5.02 Å². The number of hydrogen-bond donors (Lipinski definition) is 2. The molecule has 0 spiro atoms. The first-order valence-electron chi connectivity index (χ1n) is 5.63. The normalized spacial score (nSPS) is 10.2. The Kier molecular flexibility index (Phi) is 3.92. The highest BCUT2D eigenvalue weighted by Crippen LogP contribution is 2.19. The second kappa shape index (κ2) is 5.63. The second-order valence-corrected chi connectivity index (χ2v) is 4.46. The number of anilines is 1. The molecule has 98 valence electrons. The van der Waals surface area contributed by atoms with Crippen LogP contribution in [0.25, 0.3) is 0 Å². The number of halogens is 1. The van der Waals surface area contributed by atoms with Crippen LogP contribution in [-0.2, 0) is 6.61 Å². The summed E-state index contributed by atoms with van der Waals surface area (Å²) in [4.78, 5) is 11.0. The molecule has 2 aromatic carbocycles. The summed E-state index contributed by atoms with van der Waals surface area (Å²) in [7, 11) is 0. The molecule has 0 aliphatic carbocycles. The quantitative estimate of drug-likeness (QED) is 0.843. The van der Waals surface area contributed by atoms with Crippen molar-refractivity contribution in [3.63, 3.8) is 0 Å². The van der Waals surface area contributed by atoms with Crippen molar-refractivity contribution in [1.29, 1.82) is 0 Å². The van der Waals surface area contributed by atoms with Gasteiger partial charge in [0.05, 0.1) is 0 Å². The fourth-order valence-corrected chi connectivity index (χ4v) is 1.70. The van der Waals surface area contributed by atoms with Crippen molar-refractivity contribution in [3.8, 4) is 5.75 Å². The molecule has 19 heavy (non-hydrogen) atoms. The molecule has 1 amide bonds. The lowest BCUT2D eigenvalue weighted by molar-refractivity contribution is 0.100. The summed E-state index contributed by atoms with van der Waals surface area (Å²) in [5.74, 6) is 0.194. The molecular formula is C14H13ClN2O2. The first-order chi connectivity index (χ1) is 9.06. The summed E-state index contributed by atoms with van der Waals surface area (Å²) >= 11 is 5.78. The van der Waals surface area contributed by atoms with E-state index < -0.39 is 5.91 Å². The number of ether oxygens (including phenoxy) is 1. The van der Waals surface area contributed by atoms with Crippen LogP contribution < -0.4 is 16.2 Å². The highest BCUT2D eigenvalue weighted by Gasteiger charge is 2.05. The topological polar surface area (TPSA) is 78.3 Å². The van der Waals surface area contributed by atoms with E-state index in [0.717, 1.165) is 5.56 Å². The predicted molar refractivity (Wildman–Crippen MR) is 75.2 cm³/mol. The van der Waals surface area contributed by atoms with Gasteiger partial charge in [-0.15, -0.1) is 0 Å². The molecule has 0 atom stereocenters. The van der Waals surface area contributed by atoms with Crippen LogP contribution in [0, 0.1) is 0 Å². The Bertz CT molecular complexity index is 597. The van der Waals surface area contributed by atoms with Crippen LogP contribution in [0.3, 0.4) is 0 Å². The van der Waals surface area contributed by atoms with Crippen molar-refractivity contribution in [3.05, 3.63) is 58.6 Å². The van der Waals surface area contributed by atoms with Crippen LogP contribution in [-0.4, -0.2) is 5.91 Å². The van der Waals surface area contributed by atoms with E-state index >= 15 is 0 Å². The number of hydrogen-bond acceptors (Lipinski definition) is 3. The van der Waals surface area contributed by atoms with Crippen LogP contribution in [0.15, 0.2) is 42.5 Å². The van der Waals surface area contributed by atoms with E-state index in [1.165, 1.54) is 0 Å². The van der Waals surface area contributed by atoms with Gasteiger partial charge in [0.2, 0.25) is 5.91 Å². The zero-order valence-electron chi connectivity index (χ0n) is 10.1. The smallest absolute Gasteiger partial charge is 0.248 e.